The smallest absolute Gasteiger partial charge is 0.271 e. The van der Waals surface area contributed by atoms with Crippen molar-refractivity contribution in [1.29, 1.82) is 0 Å². The summed E-state index contributed by atoms with van der Waals surface area (Å²) in [5.74, 6) is -0.924. The van der Waals surface area contributed by atoms with E-state index in [0.29, 0.717) is 0 Å². The lowest BCUT2D eigenvalue weighted by Gasteiger charge is -2.08. The molecule has 0 atom stereocenters. The molecule has 0 aliphatic carbocycles. The summed E-state index contributed by atoms with van der Waals surface area (Å²) in [5, 5.41) is 13.4. The van der Waals surface area contributed by atoms with Crippen molar-refractivity contribution in [2.24, 2.45) is 0 Å². The SMILES string of the molecule is CS(=O)(=O)c1cc(C(=O)NCCCS(=O)(=O)c2ccccc2)cc([N+](=O)[O-])c1. The van der Waals surface area contributed by atoms with Crippen molar-refractivity contribution in [2.75, 3.05) is 18.6 Å². The first kappa shape index (κ1) is 21.5. The van der Waals surface area contributed by atoms with E-state index in [1.54, 1.807) is 18.2 Å². The van der Waals surface area contributed by atoms with Crippen LogP contribution < -0.4 is 5.32 Å². The highest BCUT2D eigenvalue weighted by Gasteiger charge is 2.19. The number of carbonyl (C=O) groups excluding carboxylic acids is 1. The lowest BCUT2D eigenvalue weighted by atomic mass is 10.2. The summed E-state index contributed by atoms with van der Waals surface area (Å²) in [7, 11) is -7.24. The van der Waals surface area contributed by atoms with Crippen LogP contribution in [0, 0.1) is 10.1 Å². The minimum Gasteiger partial charge on any atom is -0.352 e. The highest BCUT2D eigenvalue weighted by molar-refractivity contribution is 7.91. The van der Waals surface area contributed by atoms with Gasteiger partial charge in [0.05, 0.1) is 20.5 Å². The monoisotopic (exact) mass is 426 g/mol. The molecule has 0 fully saturated rings. The van der Waals surface area contributed by atoms with Crippen molar-refractivity contribution in [3.63, 3.8) is 0 Å². The van der Waals surface area contributed by atoms with Gasteiger partial charge in [0.25, 0.3) is 11.6 Å². The van der Waals surface area contributed by atoms with Gasteiger partial charge in [-0.2, -0.15) is 0 Å². The zero-order valence-electron chi connectivity index (χ0n) is 14.9. The molecule has 9 nitrogen and oxygen atoms in total. The van der Waals surface area contributed by atoms with Gasteiger partial charge in [0.15, 0.2) is 19.7 Å². The first-order chi connectivity index (χ1) is 13.0. The molecule has 11 heteroatoms. The molecule has 150 valence electrons. The predicted octanol–water partition coefficient (Wildman–Crippen LogP) is 1.59. The van der Waals surface area contributed by atoms with Crippen LogP contribution in [0.1, 0.15) is 16.8 Å². The van der Waals surface area contributed by atoms with Gasteiger partial charge in [-0.15, -0.1) is 0 Å². The van der Waals surface area contributed by atoms with Crippen molar-refractivity contribution in [1.82, 2.24) is 5.32 Å². The van der Waals surface area contributed by atoms with Gasteiger partial charge in [-0.3, -0.25) is 14.9 Å². The minimum absolute atomic E-state index is 0.00178. The van der Waals surface area contributed by atoms with Crippen LogP contribution in [0.5, 0.6) is 0 Å². The molecule has 0 aliphatic heterocycles. The Morgan fingerprint density at radius 1 is 1.04 bits per heavy atom. The molecule has 0 heterocycles. The Balaban J connectivity index is 2.05. The van der Waals surface area contributed by atoms with E-state index in [1.807, 2.05) is 0 Å². The average Bonchev–Trinajstić information content (AvgIpc) is 2.64. The van der Waals surface area contributed by atoms with Gasteiger partial charge in [0.1, 0.15) is 0 Å². The second-order valence-electron chi connectivity index (χ2n) is 5.99. The summed E-state index contributed by atoms with van der Waals surface area (Å²) in [6.45, 7) is 0.00178. The second-order valence-corrected chi connectivity index (χ2v) is 10.1. The van der Waals surface area contributed by atoms with E-state index in [2.05, 4.69) is 5.32 Å². The molecule has 0 saturated carbocycles. The Morgan fingerprint density at radius 2 is 1.68 bits per heavy atom. The molecule has 0 radical (unpaired) electrons. The first-order valence-electron chi connectivity index (χ1n) is 8.06. The van der Waals surface area contributed by atoms with E-state index in [9.17, 15) is 31.7 Å². The highest BCUT2D eigenvalue weighted by atomic mass is 32.2. The summed E-state index contributed by atoms with van der Waals surface area (Å²) in [6.07, 6.45) is 0.999. The number of sulfone groups is 2. The zero-order chi connectivity index (χ0) is 20.9. The molecule has 1 amide bonds. The van der Waals surface area contributed by atoms with Gasteiger partial charge in [0, 0.05) is 30.5 Å². The Bertz CT molecular complexity index is 1100. The topological polar surface area (TPSA) is 141 Å². The molecule has 0 aliphatic rings. The third kappa shape index (κ3) is 5.60. The normalized spacial score (nSPS) is 11.8. The molecular weight excluding hydrogens is 408 g/mol. The summed E-state index contributed by atoms with van der Waals surface area (Å²) < 4.78 is 47.7. The Kier molecular flexibility index (Phi) is 6.52. The molecule has 28 heavy (non-hydrogen) atoms. The number of non-ortho nitro benzene ring substituents is 1. The second kappa shape index (κ2) is 8.48. The first-order valence-corrected chi connectivity index (χ1v) is 11.6. The quantitative estimate of drug-likeness (QED) is 0.384. The number of nitrogens with zero attached hydrogens (tertiary/aromatic N) is 1. The van der Waals surface area contributed by atoms with Crippen molar-refractivity contribution >= 4 is 31.3 Å². The van der Waals surface area contributed by atoms with E-state index in [1.165, 1.54) is 12.1 Å². The van der Waals surface area contributed by atoms with Crippen LogP contribution in [-0.2, 0) is 19.7 Å². The maximum absolute atomic E-state index is 12.2. The number of amides is 1. The summed E-state index contributed by atoms with van der Waals surface area (Å²) in [4.78, 5) is 22.2. The largest absolute Gasteiger partial charge is 0.352 e. The number of nitro benzene ring substituents is 1. The molecule has 0 aromatic heterocycles. The Morgan fingerprint density at radius 3 is 2.25 bits per heavy atom. The van der Waals surface area contributed by atoms with E-state index in [0.717, 1.165) is 24.5 Å². The summed E-state index contributed by atoms with van der Waals surface area (Å²) in [6, 6.07) is 10.7. The fourth-order valence-electron chi connectivity index (χ4n) is 2.35. The molecule has 0 bridgehead atoms. The van der Waals surface area contributed by atoms with Gasteiger partial charge in [-0.25, -0.2) is 16.8 Å². The van der Waals surface area contributed by atoms with Crippen molar-refractivity contribution in [3.05, 3.63) is 64.2 Å². The third-order valence-corrected chi connectivity index (χ3v) is 6.68. The van der Waals surface area contributed by atoms with E-state index >= 15 is 0 Å². The van der Waals surface area contributed by atoms with Crippen molar-refractivity contribution < 1.29 is 26.6 Å². The van der Waals surface area contributed by atoms with Crippen LogP contribution in [0.3, 0.4) is 0 Å². The number of rotatable bonds is 8. The van der Waals surface area contributed by atoms with Crippen molar-refractivity contribution in [3.8, 4) is 0 Å². The number of benzene rings is 2. The van der Waals surface area contributed by atoms with Gasteiger partial charge in [0.2, 0.25) is 0 Å². The fraction of sp³-hybridized carbons (Fsp3) is 0.235. The molecule has 1 N–H and O–H groups in total. The van der Waals surface area contributed by atoms with Crippen LogP contribution >= 0.6 is 0 Å². The number of hydrogen-bond donors (Lipinski definition) is 1. The van der Waals surface area contributed by atoms with Crippen LogP contribution in [-0.4, -0.2) is 46.2 Å². The highest BCUT2D eigenvalue weighted by Crippen LogP contribution is 2.21. The van der Waals surface area contributed by atoms with Crippen LogP contribution in [0.2, 0.25) is 0 Å². The van der Waals surface area contributed by atoms with Crippen LogP contribution in [0.15, 0.2) is 58.3 Å². The van der Waals surface area contributed by atoms with E-state index < -0.39 is 36.2 Å². The maximum Gasteiger partial charge on any atom is 0.271 e. The molecule has 0 spiro atoms. The molecule has 2 aromatic carbocycles. The van der Waals surface area contributed by atoms with Gasteiger partial charge >= 0.3 is 0 Å². The van der Waals surface area contributed by atoms with E-state index in [-0.39, 0.29) is 34.1 Å². The fourth-order valence-corrected chi connectivity index (χ4v) is 4.35. The molecular formula is C17H18N2O7S2. The van der Waals surface area contributed by atoms with Gasteiger partial charge in [-0.1, -0.05) is 18.2 Å². The number of nitrogens with one attached hydrogen (secondary N) is 1. The van der Waals surface area contributed by atoms with Gasteiger partial charge < -0.3 is 5.32 Å². The number of hydrogen-bond acceptors (Lipinski definition) is 7. The van der Waals surface area contributed by atoms with Crippen LogP contribution in [0.4, 0.5) is 5.69 Å². The molecule has 0 saturated heterocycles. The lowest BCUT2D eigenvalue weighted by molar-refractivity contribution is -0.385. The molecule has 2 rings (SSSR count). The standard InChI is InChI=1S/C17H18N2O7S2/c1-27(23,24)16-11-13(10-14(12-16)19(21)22)17(20)18-8-5-9-28(25,26)15-6-3-2-4-7-15/h2-4,6-7,10-12H,5,8-9H2,1H3,(H,18,20). The lowest BCUT2D eigenvalue weighted by Crippen LogP contribution is -2.26. The zero-order valence-corrected chi connectivity index (χ0v) is 16.5. The predicted molar refractivity (Wildman–Crippen MR) is 102 cm³/mol. The summed E-state index contributed by atoms with van der Waals surface area (Å²) >= 11 is 0. The third-order valence-electron chi connectivity index (χ3n) is 3.77. The Labute approximate surface area is 162 Å². The maximum atomic E-state index is 12.2. The van der Waals surface area contributed by atoms with Crippen LogP contribution in [0.25, 0.3) is 0 Å². The average molecular weight is 426 g/mol. The number of carbonyl (C=O) groups is 1. The molecule has 0 unspecified atom stereocenters. The summed E-state index contributed by atoms with van der Waals surface area (Å²) in [5.41, 5.74) is -0.722. The van der Waals surface area contributed by atoms with Crippen molar-refractivity contribution in [2.45, 2.75) is 16.2 Å². The Hall–Kier alpha value is -2.79. The number of nitro groups is 1. The van der Waals surface area contributed by atoms with Gasteiger partial charge in [-0.05, 0) is 24.6 Å². The molecule has 2 aromatic rings. The minimum atomic E-state index is -3.75. The van der Waals surface area contributed by atoms with E-state index in [4.69, 9.17) is 0 Å².